The third-order valence-electron chi connectivity index (χ3n) is 8.80. The zero-order valence-electron chi connectivity index (χ0n) is 25.2. The summed E-state index contributed by atoms with van der Waals surface area (Å²) in [4.78, 5) is 45.7. The van der Waals surface area contributed by atoms with E-state index in [-0.39, 0.29) is 43.1 Å². The predicted octanol–water partition coefficient (Wildman–Crippen LogP) is 6.19. The number of rotatable bonds is 12. The lowest BCUT2D eigenvalue weighted by Crippen LogP contribution is -2.63. The lowest BCUT2D eigenvalue weighted by atomic mass is 9.93. The average molecular weight is 639 g/mol. The van der Waals surface area contributed by atoms with Crippen LogP contribution in [0.3, 0.4) is 0 Å². The van der Waals surface area contributed by atoms with Crippen LogP contribution in [0.4, 0.5) is 4.79 Å². The maximum absolute atomic E-state index is 14.2. The van der Waals surface area contributed by atoms with Gasteiger partial charge in [0.15, 0.2) is 11.5 Å². The second-order valence-electron chi connectivity index (χ2n) is 11.8. The first-order valence-corrected chi connectivity index (χ1v) is 17.2. The van der Waals surface area contributed by atoms with Crippen LogP contribution in [-0.4, -0.2) is 71.9 Å². The van der Waals surface area contributed by atoms with Crippen LogP contribution in [0.25, 0.3) is 10.8 Å². The maximum atomic E-state index is 14.2. The Morgan fingerprint density at radius 2 is 1.84 bits per heavy atom. The van der Waals surface area contributed by atoms with Crippen molar-refractivity contribution in [3.63, 3.8) is 0 Å². The molecule has 1 aliphatic heterocycles. The fourth-order valence-corrected chi connectivity index (χ4v) is 7.31. The van der Waals surface area contributed by atoms with E-state index in [1.165, 1.54) is 11.3 Å². The number of ether oxygens (including phenoxy) is 1. The number of unbranched alkanes of at least 4 members (excludes halogenated alkanes) is 1. The minimum Gasteiger partial charge on any atom is -0.409 e. The number of amides is 2. The summed E-state index contributed by atoms with van der Waals surface area (Å²) in [6, 6.07) is 14.3. The number of hydrogen-bond donors (Lipinski definition) is 2. The number of nitrogens with zero attached hydrogens (tertiary/aromatic N) is 2. The normalized spacial score (nSPS) is 18.4. The lowest BCUT2D eigenvalue weighted by Gasteiger charge is -2.42. The summed E-state index contributed by atoms with van der Waals surface area (Å²) in [5, 5.41) is 7.75. The van der Waals surface area contributed by atoms with E-state index in [2.05, 4.69) is 5.32 Å². The first-order valence-electron chi connectivity index (χ1n) is 15.9. The van der Waals surface area contributed by atoms with E-state index < -0.39 is 12.1 Å². The van der Waals surface area contributed by atoms with Gasteiger partial charge in [0.05, 0.1) is 17.6 Å². The number of benzene rings is 2. The fraction of sp³-hybridized carbons (Fsp3) is 0.500. The minimum absolute atomic E-state index is 0.0497. The number of carbonyl (C=O) groups excluding carboxylic acids is 3. The number of nitrogens with two attached hydrogens (primary N) is 1. The van der Waals surface area contributed by atoms with E-state index in [4.69, 9.17) is 22.1 Å². The first-order chi connectivity index (χ1) is 21.4. The minimum atomic E-state index is -0.749. The summed E-state index contributed by atoms with van der Waals surface area (Å²) in [5.41, 5.74) is 5.77. The molecule has 3 N–H and O–H groups in total. The van der Waals surface area contributed by atoms with Gasteiger partial charge in [0.25, 0.3) is 0 Å². The molecule has 236 valence electrons. The van der Waals surface area contributed by atoms with E-state index in [1.54, 1.807) is 22.3 Å². The van der Waals surface area contributed by atoms with Crippen molar-refractivity contribution in [3.05, 3.63) is 63.8 Å². The van der Waals surface area contributed by atoms with E-state index in [1.807, 2.05) is 47.8 Å². The van der Waals surface area contributed by atoms with Crippen LogP contribution in [0.15, 0.2) is 53.9 Å². The van der Waals surface area contributed by atoms with Gasteiger partial charge in [-0.05, 0) is 61.5 Å². The number of aryl methyl sites for hydroxylation is 1. The van der Waals surface area contributed by atoms with Crippen molar-refractivity contribution in [2.75, 3.05) is 26.2 Å². The van der Waals surface area contributed by atoms with Gasteiger partial charge in [-0.25, -0.2) is 4.79 Å². The summed E-state index contributed by atoms with van der Waals surface area (Å²) in [6.07, 6.45) is 8.33. The summed E-state index contributed by atoms with van der Waals surface area (Å²) in [6.45, 7) is 1.19. The monoisotopic (exact) mass is 638 g/mol. The number of thiophene rings is 1. The van der Waals surface area contributed by atoms with Crippen molar-refractivity contribution in [3.8, 4) is 5.75 Å². The first kappa shape index (κ1) is 32.4. The number of hydrogen-bond acceptors (Lipinski definition) is 7. The standard InChI is InChI=1S/C34H43ClN4O4S/c35-32-27-13-5-4-9-24(27)15-18-31(32)43-34(42)38-20-21-39(29(23-38)30(40)17-16-26-12-8-22-44-26)33(41)28(14-6-7-19-36)37-25-10-2-1-3-11-25/h4-5,8-9,12-13,15,18,22,25,28-29,37H,1-3,6-7,10-11,14,16-17,19-21,23,36H2/t28-,29+/m1/s1. The highest BCUT2D eigenvalue weighted by Crippen LogP contribution is 2.33. The number of carbonyl (C=O) groups is 3. The topological polar surface area (TPSA) is 105 Å². The van der Waals surface area contributed by atoms with E-state index >= 15 is 0 Å². The third kappa shape index (κ3) is 8.18. The van der Waals surface area contributed by atoms with E-state index in [9.17, 15) is 14.4 Å². The van der Waals surface area contributed by atoms with Gasteiger partial charge >= 0.3 is 6.09 Å². The lowest BCUT2D eigenvalue weighted by molar-refractivity contribution is -0.144. The van der Waals surface area contributed by atoms with Crippen LogP contribution >= 0.6 is 22.9 Å². The van der Waals surface area contributed by atoms with Crippen molar-refractivity contribution in [1.82, 2.24) is 15.1 Å². The molecule has 0 spiro atoms. The molecule has 0 bridgehead atoms. The van der Waals surface area contributed by atoms with Crippen molar-refractivity contribution in [1.29, 1.82) is 0 Å². The van der Waals surface area contributed by atoms with Gasteiger partial charge in [-0.15, -0.1) is 11.3 Å². The number of piperazine rings is 1. The molecule has 10 heteroatoms. The summed E-state index contributed by atoms with van der Waals surface area (Å²) < 4.78 is 5.77. The predicted molar refractivity (Wildman–Crippen MR) is 176 cm³/mol. The molecule has 1 saturated heterocycles. The van der Waals surface area contributed by atoms with Gasteiger partial charge in [0, 0.05) is 35.8 Å². The molecule has 0 radical (unpaired) electrons. The number of halogens is 1. The molecule has 3 aromatic rings. The van der Waals surface area contributed by atoms with Crippen LogP contribution in [-0.2, 0) is 16.0 Å². The summed E-state index contributed by atoms with van der Waals surface area (Å²) in [7, 11) is 0. The Labute approximate surface area is 268 Å². The largest absolute Gasteiger partial charge is 0.415 e. The molecule has 2 amide bonds. The highest BCUT2D eigenvalue weighted by Gasteiger charge is 2.40. The zero-order valence-corrected chi connectivity index (χ0v) is 26.8. The smallest absolute Gasteiger partial charge is 0.409 e. The molecule has 2 aromatic carbocycles. The van der Waals surface area contributed by atoms with Gasteiger partial charge in [-0.3, -0.25) is 9.59 Å². The molecule has 2 fully saturated rings. The van der Waals surface area contributed by atoms with Crippen LogP contribution in [0.5, 0.6) is 5.75 Å². The number of nitrogens with one attached hydrogen (secondary N) is 1. The fourth-order valence-electron chi connectivity index (χ4n) is 6.33. The van der Waals surface area contributed by atoms with Gasteiger partial charge < -0.3 is 25.6 Å². The van der Waals surface area contributed by atoms with Crippen LogP contribution in [0.1, 0.15) is 62.7 Å². The molecule has 0 unspecified atom stereocenters. The zero-order chi connectivity index (χ0) is 30.9. The maximum Gasteiger partial charge on any atom is 0.415 e. The Bertz CT molecular complexity index is 1410. The second-order valence-corrected chi connectivity index (χ2v) is 13.3. The molecule has 1 saturated carbocycles. The van der Waals surface area contributed by atoms with Gasteiger partial charge in [-0.2, -0.15) is 0 Å². The molecule has 2 aliphatic rings. The number of Topliss-reactive ketones (excluding diaryl/α,β-unsaturated/α-hetero) is 1. The SMILES string of the molecule is NCCCC[C@@H](NC1CCCCC1)C(=O)N1CCN(C(=O)Oc2ccc3ccccc3c2Cl)C[C@H]1C(=O)CCc1cccs1. The number of fused-ring (bicyclic) bond motifs is 1. The molecule has 44 heavy (non-hydrogen) atoms. The number of ketones is 1. The van der Waals surface area contributed by atoms with Gasteiger partial charge in [0.1, 0.15) is 6.04 Å². The van der Waals surface area contributed by atoms with Crippen LogP contribution < -0.4 is 15.8 Å². The Balaban J connectivity index is 1.32. The van der Waals surface area contributed by atoms with E-state index in [0.29, 0.717) is 36.9 Å². The highest BCUT2D eigenvalue weighted by molar-refractivity contribution is 7.09. The average Bonchev–Trinajstić information content (AvgIpc) is 3.58. The molecule has 1 aliphatic carbocycles. The molecular formula is C34H43ClN4O4S. The third-order valence-corrected chi connectivity index (χ3v) is 10.1. The summed E-state index contributed by atoms with van der Waals surface area (Å²) >= 11 is 8.22. The molecule has 2 heterocycles. The molecular weight excluding hydrogens is 596 g/mol. The van der Waals surface area contributed by atoms with E-state index in [0.717, 1.165) is 54.2 Å². The van der Waals surface area contributed by atoms with Crippen molar-refractivity contribution < 1.29 is 19.1 Å². The van der Waals surface area contributed by atoms with Gasteiger partial charge in [-0.1, -0.05) is 73.7 Å². The molecule has 1 aromatic heterocycles. The van der Waals surface area contributed by atoms with Crippen LogP contribution in [0.2, 0.25) is 5.02 Å². The Hall–Kier alpha value is -2.98. The van der Waals surface area contributed by atoms with Gasteiger partial charge in [0.2, 0.25) is 5.91 Å². The van der Waals surface area contributed by atoms with Crippen LogP contribution in [0, 0.1) is 0 Å². The molecule has 2 atom stereocenters. The van der Waals surface area contributed by atoms with Crippen molar-refractivity contribution in [2.45, 2.75) is 82.3 Å². The Kier molecular flexibility index (Phi) is 11.7. The summed E-state index contributed by atoms with van der Waals surface area (Å²) in [5.74, 6) is 0.158. The van der Waals surface area contributed by atoms with Crippen molar-refractivity contribution in [2.24, 2.45) is 5.73 Å². The molecule has 8 nitrogen and oxygen atoms in total. The quantitative estimate of drug-likeness (QED) is 0.229. The Morgan fingerprint density at radius 3 is 2.61 bits per heavy atom. The van der Waals surface area contributed by atoms with Crippen molar-refractivity contribution >= 4 is 51.5 Å². The highest BCUT2D eigenvalue weighted by atomic mass is 35.5. The Morgan fingerprint density at radius 1 is 1.02 bits per heavy atom. The second kappa shape index (κ2) is 15.8. The molecule has 5 rings (SSSR count).